The van der Waals surface area contributed by atoms with Gasteiger partial charge in [0.1, 0.15) is 30.2 Å². The fourth-order valence-corrected chi connectivity index (χ4v) is 8.53. The quantitative estimate of drug-likeness (QED) is 0.0770. The number of aliphatic hydroxyl groups excluding tert-OH is 3. The van der Waals surface area contributed by atoms with Gasteiger partial charge in [0, 0.05) is 47.9 Å². The number of carbonyl (C=O) groups excluding carboxylic acids is 6. The average molecular weight is 857 g/mol. The highest BCUT2D eigenvalue weighted by molar-refractivity contribution is 8.76. The lowest BCUT2D eigenvalue weighted by molar-refractivity contribution is -0.136. The molecule has 0 spiro atoms. The van der Waals surface area contributed by atoms with Crippen LogP contribution >= 0.6 is 21.6 Å². The molecule has 1 aromatic heterocycles. The standard InChI is InChI=1S/C40H56N8O9S2/c1-23(50)32(21-49)46-39(56)33-22-59-58-17-15-34(52)43-30(18-25-10-4-3-5-11-25)37(54)45-31(19-26-20-42-28-13-7-6-12-27(26)28)38(55)44-29(14-8-9-16-41)36(53)48-35(24(2)51)40(57)47-33/h3-7,10-13,20,23-24,29-33,35,42,49-51H,8-9,14-19,21-22,41H2,1-2H3,(H,43,52)(H,44,55)(H,45,54)(H,46,56)(H,47,57)(H,48,53)/t23-,24-,29+,30+,31-,32-,33+,35?/m1/s1. The highest BCUT2D eigenvalue weighted by Gasteiger charge is 2.35. The van der Waals surface area contributed by atoms with Crippen LogP contribution in [0.3, 0.4) is 0 Å². The van der Waals surface area contributed by atoms with E-state index in [4.69, 9.17) is 5.73 Å². The van der Waals surface area contributed by atoms with Crippen LogP contribution < -0.4 is 37.6 Å². The number of aromatic nitrogens is 1. The predicted molar refractivity (Wildman–Crippen MR) is 227 cm³/mol. The molecule has 12 N–H and O–H groups in total. The van der Waals surface area contributed by atoms with E-state index in [2.05, 4.69) is 36.9 Å². The molecule has 2 aromatic carbocycles. The molecule has 4 rings (SSSR count). The summed E-state index contributed by atoms with van der Waals surface area (Å²) in [6.45, 7) is 2.38. The minimum Gasteiger partial charge on any atom is -0.394 e. The van der Waals surface area contributed by atoms with Crippen LogP contribution in [0, 0.1) is 0 Å². The van der Waals surface area contributed by atoms with Gasteiger partial charge in [-0.05, 0) is 56.8 Å². The van der Waals surface area contributed by atoms with Crippen molar-refractivity contribution >= 4 is 67.9 Å². The molecule has 19 heteroatoms. The Kier molecular flexibility index (Phi) is 19.0. The van der Waals surface area contributed by atoms with Gasteiger partial charge in [-0.25, -0.2) is 0 Å². The molecule has 17 nitrogen and oxygen atoms in total. The van der Waals surface area contributed by atoms with E-state index in [1.165, 1.54) is 24.6 Å². The van der Waals surface area contributed by atoms with Gasteiger partial charge in [0.15, 0.2) is 0 Å². The molecule has 1 fully saturated rings. The Bertz CT molecular complexity index is 1860. The van der Waals surface area contributed by atoms with E-state index in [1.54, 1.807) is 6.20 Å². The van der Waals surface area contributed by atoms with E-state index in [0.29, 0.717) is 24.9 Å². The van der Waals surface area contributed by atoms with Crippen molar-refractivity contribution in [2.45, 2.75) is 101 Å². The van der Waals surface area contributed by atoms with Crippen molar-refractivity contribution in [2.24, 2.45) is 5.73 Å². The highest BCUT2D eigenvalue weighted by atomic mass is 33.1. The van der Waals surface area contributed by atoms with Crippen LogP contribution in [0.1, 0.15) is 50.7 Å². The van der Waals surface area contributed by atoms with Crippen LogP contribution in [-0.2, 0) is 41.6 Å². The Morgan fingerprint density at radius 3 is 2.15 bits per heavy atom. The number of para-hydroxylation sites is 1. The summed E-state index contributed by atoms with van der Waals surface area (Å²) in [5.74, 6) is -4.04. The van der Waals surface area contributed by atoms with Crippen molar-refractivity contribution in [1.82, 2.24) is 36.9 Å². The number of aliphatic hydroxyl groups is 3. The van der Waals surface area contributed by atoms with Crippen LogP contribution in [-0.4, -0.2) is 129 Å². The molecule has 1 unspecified atom stereocenters. The molecule has 1 saturated heterocycles. The Labute approximate surface area is 350 Å². The summed E-state index contributed by atoms with van der Waals surface area (Å²) in [5, 5.41) is 47.3. The fourth-order valence-electron chi connectivity index (χ4n) is 6.38. The van der Waals surface area contributed by atoms with E-state index in [-0.39, 0.29) is 37.2 Å². The number of aromatic amines is 1. The SMILES string of the molecule is C[C@@H](O)C1NC(=O)[C@H](CCCCN)NC(=O)[C@@H](Cc2c[nH]c3ccccc23)NC(=O)[C@H](Cc2ccccc2)NC(=O)CCSSC[C@@H](C(=O)N[C@H](CO)[C@@H](C)O)NC1=O. The third-order valence-electron chi connectivity index (χ3n) is 9.78. The second kappa shape index (κ2) is 23.8. The molecule has 2 heterocycles. The molecular formula is C40H56N8O9S2. The molecule has 322 valence electrons. The molecule has 1 aliphatic rings. The fraction of sp³-hybridized carbons (Fsp3) is 0.500. The Morgan fingerprint density at radius 2 is 1.47 bits per heavy atom. The first kappa shape index (κ1) is 47.0. The maximum absolute atomic E-state index is 14.3. The highest BCUT2D eigenvalue weighted by Crippen LogP contribution is 2.24. The summed E-state index contributed by atoms with van der Waals surface area (Å²) < 4.78 is 0. The van der Waals surface area contributed by atoms with Gasteiger partial charge in [0.25, 0.3) is 0 Å². The molecule has 0 saturated carbocycles. The number of benzene rings is 2. The summed E-state index contributed by atoms with van der Waals surface area (Å²) in [7, 11) is 2.39. The molecule has 0 bridgehead atoms. The molecule has 6 amide bonds. The lowest BCUT2D eigenvalue weighted by Gasteiger charge is -2.29. The summed E-state index contributed by atoms with van der Waals surface area (Å²) in [6.07, 6.45) is 0.244. The van der Waals surface area contributed by atoms with Gasteiger partial charge < -0.3 is 57.9 Å². The molecule has 0 radical (unpaired) electrons. The Balaban J connectivity index is 1.71. The summed E-state index contributed by atoms with van der Waals surface area (Å²) in [5.41, 5.74) is 8.02. The van der Waals surface area contributed by atoms with Crippen molar-refractivity contribution in [3.63, 3.8) is 0 Å². The second-order valence-electron chi connectivity index (χ2n) is 14.5. The lowest BCUT2D eigenvalue weighted by atomic mass is 10.0. The van der Waals surface area contributed by atoms with E-state index in [9.17, 15) is 44.1 Å². The van der Waals surface area contributed by atoms with Crippen LogP contribution in [0.15, 0.2) is 60.8 Å². The Hall–Kier alpha value is -4.66. The number of H-pyrrole nitrogens is 1. The third kappa shape index (κ3) is 14.5. The van der Waals surface area contributed by atoms with Gasteiger partial charge in [-0.1, -0.05) is 70.1 Å². The molecule has 0 aliphatic carbocycles. The number of fused-ring (bicyclic) bond motifs is 1. The number of rotatable bonds is 13. The maximum Gasteiger partial charge on any atom is 0.245 e. The molecule has 3 aromatic rings. The number of hydrogen-bond acceptors (Lipinski definition) is 12. The molecule has 8 atom stereocenters. The third-order valence-corrected chi connectivity index (χ3v) is 12.2. The number of hydrogen-bond donors (Lipinski definition) is 11. The van der Waals surface area contributed by atoms with Crippen molar-refractivity contribution in [3.05, 3.63) is 71.9 Å². The zero-order valence-corrected chi connectivity index (χ0v) is 34.8. The van der Waals surface area contributed by atoms with Crippen molar-refractivity contribution in [2.75, 3.05) is 24.7 Å². The van der Waals surface area contributed by atoms with Gasteiger partial charge in [0.05, 0.1) is 24.9 Å². The molecule has 59 heavy (non-hydrogen) atoms. The van der Waals surface area contributed by atoms with Crippen LogP contribution in [0.25, 0.3) is 10.9 Å². The summed E-state index contributed by atoms with van der Waals surface area (Å²) >= 11 is 0. The smallest absolute Gasteiger partial charge is 0.245 e. The number of nitrogens with two attached hydrogens (primary N) is 1. The van der Waals surface area contributed by atoms with Gasteiger partial charge in [-0.2, -0.15) is 0 Å². The molecular weight excluding hydrogens is 801 g/mol. The predicted octanol–water partition coefficient (Wildman–Crippen LogP) is -0.470. The van der Waals surface area contributed by atoms with E-state index in [0.717, 1.165) is 27.3 Å². The van der Waals surface area contributed by atoms with Crippen molar-refractivity contribution < 1.29 is 44.1 Å². The first-order valence-electron chi connectivity index (χ1n) is 19.6. The normalized spacial score (nSPS) is 23.4. The van der Waals surface area contributed by atoms with Gasteiger partial charge in [0.2, 0.25) is 35.4 Å². The average Bonchev–Trinajstić information content (AvgIpc) is 3.62. The summed E-state index contributed by atoms with van der Waals surface area (Å²) in [4.78, 5) is 86.1. The van der Waals surface area contributed by atoms with Crippen LogP contribution in [0.4, 0.5) is 0 Å². The maximum atomic E-state index is 14.3. The number of amides is 6. The first-order chi connectivity index (χ1) is 28.3. The summed E-state index contributed by atoms with van der Waals surface area (Å²) in [6, 6.07) is 9.06. The van der Waals surface area contributed by atoms with Gasteiger partial charge in [-0.15, -0.1) is 0 Å². The van der Waals surface area contributed by atoms with Crippen LogP contribution in [0.2, 0.25) is 0 Å². The zero-order chi connectivity index (χ0) is 42.9. The largest absolute Gasteiger partial charge is 0.394 e. The molecule has 1 aliphatic heterocycles. The van der Waals surface area contributed by atoms with Crippen molar-refractivity contribution in [3.8, 4) is 0 Å². The van der Waals surface area contributed by atoms with E-state index in [1.807, 2.05) is 54.6 Å². The second-order valence-corrected chi connectivity index (χ2v) is 17.1. The van der Waals surface area contributed by atoms with E-state index >= 15 is 0 Å². The van der Waals surface area contributed by atoms with E-state index < -0.39 is 90.5 Å². The van der Waals surface area contributed by atoms with Crippen molar-refractivity contribution in [1.29, 1.82) is 0 Å². The number of unbranched alkanes of at least 4 members (excludes halogenated alkanes) is 1. The number of carbonyl (C=O) groups is 6. The minimum absolute atomic E-state index is 0.00689. The lowest BCUT2D eigenvalue weighted by Crippen LogP contribution is -2.62. The van der Waals surface area contributed by atoms with Gasteiger partial charge >= 0.3 is 0 Å². The van der Waals surface area contributed by atoms with Gasteiger partial charge in [-0.3, -0.25) is 28.8 Å². The number of nitrogens with one attached hydrogen (secondary N) is 7. The minimum atomic E-state index is -1.58. The van der Waals surface area contributed by atoms with Crippen LogP contribution in [0.5, 0.6) is 0 Å². The monoisotopic (exact) mass is 856 g/mol. The first-order valence-corrected chi connectivity index (χ1v) is 22.1. The Morgan fingerprint density at radius 1 is 0.814 bits per heavy atom. The zero-order valence-electron chi connectivity index (χ0n) is 33.1. The topological polar surface area (TPSA) is 277 Å².